The highest BCUT2D eigenvalue weighted by atomic mass is 35.5. The number of benzene rings is 3. The van der Waals surface area contributed by atoms with E-state index in [1.54, 1.807) is 16.4 Å². The minimum Gasteiger partial charge on any atom is -0.489 e. The van der Waals surface area contributed by atoms with Crippen molar-refractivity contribution in [2.24, 2.45) is 0 Å². The van der Waals surface area contributed by atoms with Gasteiger partial charge in [-0.05, 0) is 73.6 Å². The molecule has 3 aromatic carbocycles. The van der Waals surface area contributed by atoms with E-state index < -0.39 is 6.04 Å². The monoisotopic (exact) mass is 600 g/mol. The smallest absolute Gasteiger partial charge is 0.338 e. The maximum absolute atomic E-state index is 13.8. The average Bonchev–Trinajstić information content (AvgIpc) is 3.42. The number of esters is 1. The van der Waals surface area contributed by atoms with E-state index in [1.165, 1.54) is 12.0 Å². The molecule has 216 valence electrons. The molecule has 1 saturated carbocycles. The molecular formula is C33H33ClN4O3S. The normalized spacial score (nSPS) is 17.0. The third-order valence-electron chi connectivity index (χ3n) is 7.58. The predicted octanol–water partition coefficient (Wildman–Crippen LogP) is 7.97. The van der Waals surface area contributed by atoms with Gasteiger partial charge < -0.3 is 14.8 Å². The van der Waals surface area contributed by atoms with E-state index >= 15 is 0 Å². The number of carbonyl (C=O) groups is 1. The summed E-state index contributed by atoms with van der Waals surface area (Å²) >= 11 is 7.60. The fourth-order valence-electron chi connectivity index (χ4n) is 5.41. The fourth-order valence-corrected chi connectivity index (χ4v) is 6.32. The van der Waals surface area contributed by atoms with Gasteiger partial charge in [0.05, 0.1) is 5.57 Å². The van der Waals surface area contributed by atoms with E-state index in [-0.39, 0.29) is 12.1 Å². The highest BCUT2D eigenvalue weighted by Crippen LogP contribution is 2.38. The van der Waals surface area contributed by atoms with E-state index in [0.29, 0.717) is 39.8 Å². The minimum atomic E-state index is -0.519. The Hall–Kier alpha value is -3.75. The van der Waals surface area contributed by atoms with Crippen LogP contribution >= 0.6 is 23.4 Å². The number of thioether (sulfide) groups is 1. The molecule has 1 unspecified atom stereocenters. The Kier molecular flexibility index (Phi) is 8.81. The summed E-state index contributed by atoms with van der Waals surface area (Å²) in [7, 11) is 0. The Bertz CT molecular complexity index is 1570. The van der Waals surface area contributed by atoms with Gasteiger partial charge in [0.15, 0.2) is 0 Å². The predicted molar refractivity (Wildman–Crippen MR) is 166 cm³/mol. The summed E-state index contributed by atoms with van der Waals surface area (Å²) in [5.74, 6) is 1.71. The summed E-state index contributed by atoms with van der Waals surface area (Å²) in [5.41, 5.74) is 4.32. The molecule has 2 aliphatic rings. The summed E-state index contributed by atoms with van der Waals surface area (Å²) in [5, 5.41) is 9.53. The molecule has 1 atom stereocenters. The van der Waals surface area contributed by atoms with Crippen molar-refractivity contribution in [3.8, 4) is 5.75 Å². The molecule has 4 aromatic rings. The van der Waals surface area contributed by atoms with Gasteiger partial charge in [0.25, 0.3) is 0 Å². The third kappa shape index (κ3) is 6.66. The van der Waals surface area contributed by atoms with Crippen molar-refractivity contribution < 1.29 is 14.3 Å². The second-order valence-corrected chi connectivity index (χ2v) is 12.0. The molecule has 1 aliphatic heterocycles. The van der Waals surface area contributed by atoms with Gasteiger partial charge in [0.1, 0.15) is 24.5 Å². The van der Waals surface area contributed by atoms with E-state index in [2.05, 4.69) is 17.4 Å². The molecule has 0 radical (unpaired) electrons. The zero-order chi connectivity index (χ0) is 28.9. The first-order chi connectivity index (χ1) is 20.5. The number of rotatable bonds is 9. The van der Waals surface area contributed by atoms with Crippen LogP contribution in [0.1, 0.15) is 61.8 Å². The highest BCUT2D eigenvalue weighted by molar-refractivity contribution is 7.98. The van der Waals surface area contributed by atoms with Crippen LogP contribution in [0, 0.1) is 0 Å². The largest absolute Gasteiger partial charge is 0.489 e. The lowest BCUT2D eigenvalue weighted by Gasteiger charge is -2.30. The third-order valence-corrected chi connectivity index (χ3v) is 8.74. The zero-order valence-electron chi connectivity index (χ0n) is 23.5. The Morgan fingerprint density at radius 1 is 1.00 bits per heavy atom. The molecule has 0 bridgehead atoms. The van der Waals surface area contributed by atoms with Crippen molar-refractivity contribution in [3.05, 3.63) is 112 Å². The highest BCUT2D eigenvalue weighted by Gasteiger charge is 2.36. The van der Waals surface area contributed by atoms with Crippen molar-refractivity contribution >= 4 is 35.3 Å². The Labute approximate surface area is 255 Å². The topological polar surface area (TPSA) is 78.3 Å². The Balaban J connectivity index is 1.30. The average molecular weight is 601 g/mol. The maximum Gasteiger partial charge on any atom is 0.338 e. The first kappa shape index (κ1) is 28.4. The summed E-state index contributed by atoms with van der Waals surface area (Å²) in [6.45, 7) is 2.30. The second kappa shape index (κ2) is 13.0. The molecular weight excluding hydrogens is 568 g/mol. The number of allylic oxidation sites excluding steroid dienone is 1. The first-order valence-corrected chi connectivity index (χ1v) is 15.7. The molecule has 6 rings (SSSR count). The molecule has 2 heterocycles. The number of fused-ring (bicyclic) bond motifs is 1. The maximum atomic E-state index is 13.8. The summed E-state index contributed by atoms with van der Waals surface area (Å²) in [6, 6.07) is 25.1. The zero-order valence-corrected chi connectivity index (χ0v) is 25.0. The van der Waals surface area contributed by atoms with Crippen molar-refractivity contribution in [1.29, 1.82) is 0 Å². The van der Waals surface area contributed by atoms with E-state index in [1.807, 2.05) is 73.7 Å². The number of halogens is 1. The van der Waals surface area contributed by atoms with Gasteiger partial charge >= 0.3 is 5.97 Å². The Morgan fingerprint density at radius 2 is 1.79 bits per heavy atom. The number of carbonyl (C=O) groups excluding carboxylic acids is 1. The Morgan fingerprint density at radius 3 is 2.57 bits per heavy atom. The molecule has 1 N–H and O–H groups in total. The van der Waals surface area contributed by atoms with Crippen LogP contribution in [0.15, 0.2) is 95.3 Å². The standard InChI is InChI=1S/C33H33ClN4O3S/c1-22-29(31(39)41-27-12-6-3-7-13-27)30(25-11-8-14-28(19-25)40-20-23-15-17-26(34)18-16-23)38-32(35-22)36-33(37-38)42-21-24-9-4-2-5-10-24/h2,4-5,8-11,14-19,27,30H,3,6-7,12-13,20-21H2,1H3,(H,35,36,37). The van der Waals surface area contributed by atoms with Crippen LogP contribution in [0.25, 0.3) is 0 Å². The number of hydrogen-bond acceptors (Lipinski definition) is 7. The van der Waals surface area contributed by atoms with Gasteiger partial charge in [0.2, 0.25) is 11.1 Å². The summed E-state index contributed by atoms with van der Waals surface area (Å²) < 4.78 is 14.0. The van der Waals surface area contributed by atoms with Gasteiger partial charge in [-0.3, -0.25) is 0 Å². The lowest BCUT2D eigenvalue weighted by Crippen LogP contribution is -2.32. The number of nitrogens with zero attached hydrogens (tertiary/aromatic N) is 3. The summed E-state index contributed by atoms with van der Waals surface area (Å²) in [6.07, 6.45) is 5.10. The minimum absolute atomic E-state index is 0.0598. The molecule has 0 amide bonds. The van der Waals surface area contributed by atoms with E-state index in [4.69, 9.17) is 31.2 Å². The van der Waals surface area contributed by atoms with E-state index in [0.717, 1.165) is 42.6 Å². The molecule has 7 nitrogen and oxygen atoms in total. The van der Waals surface area contributed by atoms with E-state index in [9.17, 15) is 4.79 Å². The van der Waals surface area contributed by atoms with Crippen LogP contribution in [-0.4, -0.2) is 26.8 Å². The lowest BCUT2D eigenvalue weighted by molar-refractivity contribution is -0.146. The van der Waals surface area contributed by atoms with Gasteiger partial charge in [-0.2, -0.15) is 4.98 Å². The number of anilines is 1. The fraction of sp³-hybridized carbons (Fsp3) is 0.303. The van der Waals surface area contributed by atoms with Crippen LogP contribution in [0.4, 0.5) is 5.95 Å². The molecule has 42 heavy (non-hydrogen) atoms. The van der Waals surface area contributed by atoms with Gasteiger partial charge in [0, 0.05) is 16.5 Å². The molecule has 0 spiro atoms. The molecule has 0 saturated heterocycles. The SMILES string of the molecule is CC1=C(C(=O)OC2CCCCC2)C(c2cccc(OCc3ccc(Cl)cc3)c2)n2nc(SCc3ccccc3)nc2N1. The van der Waals surface area contributed by atoms with Crippen molar-refractivity contribution in [2.45, 2.75) is 68.7 Å². The second-order valence-electron chi connectivity index (χ2n) is 10.7. The molecule has 1 aromatic heterocycles. The van der Waals surface area contributed by atoms with Crippen LogP contribution < -0.4 is 10.1 Å². The van der Waals surface area contributed by atoms with Gasteiger partial charge in [-0.1, -0.05) is 84.4 Å². The van der Waals surface area contributed by atoms with Crippen molar-refractivity contribution in [1.82, 2.24) is 14.8 Å². The quantitative estimate of drug-likeness (QED) is 0.154. The van der Waals surface area contributed by atoms with Crippen LogP contribution in [0.2, 0.25) is 5.02 Å². The summed E-state index contributed by atoms with van der Waals surface area (Å²) in [4.78, 5) is 18.6. The van der Waals surface area contributed by atoms with Crippen LogP contribution in [0.3, 0.4) is 0 Å². The molecule has 1 fully saturated rings. The van der Waals surface area contributed by atoms with Gasteiger partial charge in [-0.15, -0.1) is 5.10 Å². The van der Waals surface area contributed by atoms with Gasteiger partial charge in [-0.25, -0.2) is 9.48 Å². The number of aromatic nitrogens is 3. The number of hydrogen-bond donors (Lipinski definition) is 1. The molecule has 1 aliphatic carbocycles. The molecule has 9 heteroatoms. The van der Waals surface area contributed by atoms with Crippen LogP contribution in [0.5, 0.6) is 5.75 Å². The number of ether oxygens (including phenoxy) is 2. The van der Waals surface area contributed by atoms with Crippen LogP contribution in [-0.2, 0) is 21.9 Å². The number of nitrogens with one attached hydrogen (secondary N) is 1. The van der Waals surface area contributed by atoms with Crippen molar-refractivity contribution in [2.75, 3.05) is 5.32 Å². The van der Waals surface area contributed by atoms with Crippen molar-refractivity contribution in [3.63, 3.8) is 0 Å². The first-order valence-electron chi connectivity index (χ1n) is 14.3. The lowest BCUT2D eigenvalue weighted by atomic mass is 9.94.